The molecule has 0 heterocycles. The molecule has 0 aromatic heterocycles. The van der Waals surface area contributed by atoms with Gasteiger partial charge >= 0.3 is 5.97 Å². The Bertz CT molecular complexity index is 652. The van der Waals surface area contributed by atoms with Crippen LogP contribution in [-0.4, -0.2) is 32.1 Å². The number of nitrogens with one attached hydrogen (secondary N) is 2. The smallest absolute Gasteiger partial charge is 0.335 e. The quantitative estimate of drug-likeness (QED) is 0.709. The van der Waals surface area contributed by atoms with E-state index in [1.54, 1.807) is 0 Å². The van der Waals surface area contributed by atoms with E-state index in [2.05, 4.69) is 10.0 Å². The molecule has 0 aliphatic heterocycles. The molecule has 1 fully saturated rings. The normalized spacial score (nSPS) is 16.2. The topological polar surface area (TPSA) is 95.5 Å². The average molecular weight is 340 g/mol. The van der Waals surface area contributed by atoms with Crippen LogP contribution in [0.2, 0.25) is 0 Å². The van der Waals surface area contributed by atoms with Crippen molar-refractivity contribution in [2.75, 3.05) is 11.9 Å². The van der Waals surface area contributed by atoms with Crippen molar-refractivity contribution in [3.63, 3.8) is 0 Å². The fourth-order valence-electron chi connectivity index (χ4n) is 2.79. The Balaban J connectivity index is 2.32. The van der Waals surface area contributed by atoms with Gasteiger partial charge in [-0.05, 0) is 37.5 Å². The lowest BCUT2D eigenvalue weighted by Crippen LogP contribution is -2.36. The number of aromatic carboxylic acids is 1. The van der Waals surface area contributed by atoms with E-state index in [0.29, 0.717) is 12.2 Å². The van der Waals surface area contributed by atoms with Crippen molar-refractivity contribution < 1.29 is 18.3 Å². The molecule has 3 N–H and O–H groups in total. The molecule has 0 unspecified atom stereocenters. The first-order valence-electron chi connectivity index (χ1n) is 8.07. The van der Waals surface area contributed by atoms with Crippen LogP contribution in [0.4, 0.5) is 5.69 Å². The van der Waals surface area contributed by atoms with Gasteiger partial charge in [-0.2, -0.15) is 0 Å². The fourth-order valence-corrected chi connectivity index (χ4v) is 4.30. The molecular formula is C16H24N2O4S. The van der Waals surface area contributed by atoms with Crippen molar-refractivity contribution in [3.05, 3.63) is 23.8 Å². The van der Waals surface area contributed by atoms with Crippen LogP contribution in [0, 0.1) is 0 Å². The van der Waals surface area contributed by atoms with Crippen LogP contribution in [0.25, 0.3) is 0 Å². The molecule has 0 radical (unpaired) electrons. The van der Waals surface area contributed by atoms with Crippen molar-refractivity contribution in [2.24, 2.45) is 0 Å². The maximum Gasteiger partial charge on any atom is 0.335 e. The first kappa shape index (κ1) is 17.7. The van der Waals surface area contributed by atoms with E-state index in [4.69, 9.17) is 5.11 Å². The zero-order valence-corrected chi connectivity index (χ0v) is 14.2. The van der Waals surface area contributed by atoms with Crippen molar-refractivity contribution in [2.45, 2.75) is 56.4 Å². The van der Waals surface area contributed by atoms with Crippen molar-refractivity contribution in [1.29, 1.82) is 0 Å². The van der Waals surface area contributed by atoms with E-state index in [-0.39, 0.29) is 16.5 Å². The minimum absolute atomic E-state index is 0.0106. The summed E-state index contributed by atoms with van der Waals surface area (Å²) < 4.78 is 28.2. The summed E-state index contributed by atoms with van der Waals surface area (Å²) in [6, 6.07) is 4.10. The third-order valence-electron chi connectivity index (χ3n) is 4.01. The van der Waals surface area contributed by atoms with Crippen LogP contribution < -0.4 is 10.0 Å². The van der Waals surface area contributed by atoms with Gasteiger partial charge in [-0.15, -0.1) is 0 Å². The van der Waals surface area contributed by atoms with Crippen LogP contribution >= 0.6 is 0 Å². The number of rotatable bonds is 7. The van der Waals surface area contributed by atoms with Crippen LogP contribution in [0.5, 0.6) is 0 Å². The number of carboxylic acids is 1. The minimum Gasteiger partial charge on any atom is -0.478 e. The predicted octanol–water partition coefficient (Wildman–Crippen LogP) is 2.82. The Morgan fingerprint density at radius 2 is 1.96 bits per heavy atom. The summed E-state index contributed by atoms with van der Waals surface area (Å²) in [5.41, 5.74) is 0.413. The first-order chi connectivity index (χ1) is 10.9. The molecule has 7 heteroatoms. The SMILES string of the molecule is CCCNc1ccc(C(=O)O)cc1S(=O)(=O)NC1CCCCC1. The summed E-state index contributed by atoms with van der Waals surface area (Å²) in [5.74, 6) is -1.14. The molecule has 128 valence electrons. The zero-order valence-electron chi connectivity index (χ0n) is 13.3. The van der Waals surface area contributed by atoms with Gasteiger partial charge in [0.1, 0.15) is 4.90 Å². The Kier molecular flexibility index (Phi) is 6.01. The van der Waals surface area contributed by atoms with Crippen LogP contribution in [0.1, 0.15) is 55.8 Å². The molecule has 6 nitrogen and oxygen atoms in total. The number of carbonyl (C=O) groups is 1. The molecule has 0 saturated heterocycles. The van der Waals surface area contributed by atoms with Crippen LogP contribution in [0.15, 0.2) is 23.1 Å². The van der Waals surface area contributed by atoms with Gasteiger partial charge in [0.2, 0.25) is 10.0 Å². The van der Waals surface area contributed by atoms with Gasteiger partial charge < -0.3 is 10.4 Å². The largest absolute Gasteiger partial charge is 0.478 e. The van der Waals surface area contributed by atoms with Gasteiger partial charge in [0.25, 0.3) is 0 Å². The lowest BCUT2D eigenvalue weighted by molar-refractivity contribution is 0.0696. The van der Waals surface area contributed by atoms with Gasteiger partial charge in [-0.25, -0.2) is 17.9 Å². The van der Waals surface area contributed by atoms with Gasteiger partial charge in [0, 0.05) is 12.6 Å². The van der Waals surface area contributed by atoms with E-state index in [9.17, 15) is 13.2 Å². The molecule has 23 heavy (non-hydrogen) atoms. The van der Waals surface area contributed by atoms with Gasteiger partial charge in [-0.1, -0.05) is 26.2 Å². The number of carboxylic acid groups (broad SMARTS) is 1. The molecular weight excluding hydrogens is 316 g/mol. The number of hydrogen-bond acceptors (Lipinski definition) is 4. The Morgan fingerprint density at radius 1 is 1.26 bits per heavy atom. The van der Waals surface area contributed by atoms with E-state index in [0.717, 1.165) is 38.5 Å². The minimum atomic E-state index is -3.75. The number of anilines is 1. The van der Waals surface area contributed by atoms with Crippen molar-refractivity contribution >= 4 is 21.7 Å². The lowest BCUT2D eigenvalue weighted by atomic mass is 9.96. The summed E-state index contributed by atoms with van der Waals surface area (Å²) >= 11 is 0. The molecule has 1 saturated carbocycles. The molecule has 0 bridgehead atoms. The van der Waals surface area contributed by atoms with Crippen molar-refractivity contribution in [1.82, 2.24) is 4.72 Å². The third kappa shape index (κ3) is 4.68. The van der Waals surface area contributed by atoms with E-state index in [1.807, 2.05) is 6.92 Å². The fraction of sp³-hybridized carbons (Fsp3) is 0.562. The maximum absolute atomic E-state index is 12.7. The molecule has 0 amide bonds. The molecule has 1 aromatic rings. The van der Waals surface area contributed by atoms with Crippen molar-refractivity contribution in [3.8, 4) is 0 Å². The Hall–Kier alpha value is -1.60. The highest BCUT2D eigenvalue weighted by molar-refractivity contribution is 7.89. The average Bonchev–Trinajstić information content (AvgIpc) is 2.53. The predicted molar refractivity (Wildman–Crippen MR) is 89.4 cm³/mol. The van der Waals surface area contributed by atoms with Crippen LogP contribution in [0.3, 0.4) is 0 Å². The number of hydrogen-bond donors (Lipinski definition) is 3. The molecule has 0 spiro atoms. The molecule has 2 rings (SSSR count). The standard InChI is InChI=1S/C16H24N2O4S/c1-2-10-17-14-9-8-12(16(19)20)11-15(14)23(21,22)18-13-6-4-3-5-7-13/h8-9,11,13,17-18H,2-7,10H2,1H3,(H,19,20). The summed E-state index contributed by atoms with van der Waals surface area (Å²) in [6.07, 6.45) is 5.67. The molecule has 1 aromatic carbocycles. The monoisotopic (exact) mass is 340 g/mol. The third-order valence-corrected chi connectivity index (χ3v) is 5.57. The van der Waals surface area contributed by atoms with Gasteiger partial charge in [-0.3, -0.25) is 0 Å². The maximum atomic E-state index is 12.7. The van der Waals surface area contributed by atoms with Gasteiger partial charge in [0.05, 0.1) is 11.3 Å². The van der Waals surface area contributed by atoms with E-state index < -0.39 is 16.0 Å². The second-order valence-corrected chi connectivity index (χ2v) is 7.58. The zero-order chi connectivity index (χ0) is 16.9. The second-order valence-electron chi connectivity index (χ2n) is 5.90. The molecule has 1 aliphatic carbocycles. The summed E-state index contributed by atoms with van der Waals surface area (Å²) in [6.45, 7) is 2.60. The summed E-state index contributed by atoms with van der Waals surface area (Å²) in [7, 11) is -3.75. The highest BCUT2D eigenvalue weighted by atomic mass is 32.2. The highest BCUT2D eigenvalue weighted by Crippen LogP contribution is 2.25. The molecule has 1 aliphatic rings. The van der Waals surface area contributed by atoms with E-state index >= 15 is 0 Å². The summed E-state index contributed by atoms with van der Waals surface area (Å²) in [4.78, 5) is 11.2. The molecule has 0 atom stereocenters. The van der Waals surface area contributed by atoms with Crippen LogP contribution in [-0.2, 0) is 10.0 Å². The lowest BCUT2D eigenvalue weighted by Gasteiger charge is -2.23. The highest BCUT2D eigenvalue weighted by Gasteiger charge is 2.25. The number of sulfonamides is 1. The summed E-state index contributed by atoms with van der Waals surface area (Å²) in [5, 5.41) is 12.2. The first-order valence-corrected chi connectivity index (χ1v) is 9.56. The Labute approximate surface area is 137 Å². The number of benzene rings is 1. The van der Waals surface area contributed by atoms with Gasteiger partial charge in [0.15, 0.2) is 0 Å². The Morgan fingerprint density at radius 3 is 2.57 bits per heavy atom. The second kappa shape index (κ2) is 7.79. The van der Waals surface area contributed by atoms with E-state index in [1.165, 1.54) is 18.2 Å².